The Bertz CT molecular complexity index is 1000. The van der Waals surface area contributed by atoms with Crippen LogP contribution in [-0.2, 0) is 22.6 Å². The number of aromatic nitrogens is 2. The van der Waals surface area contributed by atoms with Gasteiger partial charge in [-0.1, -0.05) is 52.8 Å². The molecule has 0 saturated heterocycles. The van der Waals surface area contributed by atoms with E-state index < -0.39 is 5.97 Å². The maximum absolute atomic E-state index is 12.0. The van der Waals surface area contributed by atoms with Gasteiger partial charge >= 0.3 is 5.97 Å². The molecule has 2 heterocycles. The van der Waals surface area contributed by atoms with Crippen LogP contribution in [0.2, 0.25) is 0 Å². The highest BCUT2D eigenvalue weighted by Gasteiger charge is 2.14. The van der Waals surface area contributed by atoms with Crippen LogP contribution in [0.3, 0.4) is 0 Å². The Morgan fingerprint density at radius 1 is 0.960 bits per heavy atom. The molecule has 0 N–H and O–H groups in total. The maximum atomic E-state index is 12.0. The minimum Gasteiger partial charge on any atom is -0.459 e. The van der Waals surface area contributed by atoms with E-state index in [9.17, 15) is 4.79 Å². The minimum atomic E-state index is -0.400. The van der Waals surface area contributed by atoms with Gasteiger partial charge in [0.2, 0.25) is 0 Å². The van der Waals surface area contributed by atoms with Gasteiger partial charge in [0.25, 0.3) is 0 Å². The van der Waals surface area contributed by atoms with Gasteiger partial charge in [-0.05, 0) is 12.1 Å². The van der Waals surface area contributed by atoms with Crippen molar-refractivity contribution in [3.63, 3.8) is 0 Å². The first-order valence-electron chi connectivity index (χ1n) is 7.79. The van der Waals surface area contributed by atoms with Gasteiger partial charge in [-0.25, -0.2) is 0 Å². The molecule has 124 valence electrons. The summed E-state index contributed by atoms with van der Waals surface area (Å²) >= 11 is 0. The molecule has 6 nitrogen and oxygen atoms in total. The fourth-order valence-electron chi connectivity index (χ4n) is 2.53. The molecule has 4 aromatic rings. The molecule has 0 unspecified atom stereocenters. The second kappa shape index (κ2) is 6.60. The summed E-state index contributed by atoms with van der Waals surface area (Å²) in [6, 6.07) is 18.7. The van der Waals surface area contributed by atoms with Crippen molar-refractivity contribution in [2.75, 3.05) is 0 Å². The number of para-hydroxylation sites is 1. The van der Waals surface area contributed by atoms with Crippen molar-refractivity contribution >= 4 is 16.9 Å². The lowest BCUT2D eigenvalue weighted by Gasteiger charge is -2.00. The monoisotopic (exact) mass is 334 g/mol. The third-order valence-electron chi connectivity index (χ3n) is 3.76. The molecule has 4 rings (SSSR count). The number of benzene rings is 2. The van der Waals surface area contributed by atoms with Crippen molar-refractivity contribution in [2.45, 2.75) is 13.0 Å². The normalized spacial score (nSPS) is 10.9. The Kier molecular flexibility index (Phi) is 4.00. The smallest absolute Gasteiger partial charge is 0.312 e. The number of carbonyl (C=O) groups excluding carboxylic acids is 1. The van der Waals surface area contributed by atoms with Crippen LogP contribution in [0.4, 0.5) is 0 Å². The summed E-state index contributed by atoms with van der Waals surface area (Å²) in [6.07, 6.45) is 0.0421. The third kappa shape index (κ3) is 3.28. The lowest BCUT2D eigenvalue weighted by Crippen LogP contribution is -2.08. The predicted molar refractivity (Wildman–Crippen MR) is 89.4 cm³/mol. The minimum absolute atomic E-state index is 0.0421. The van der Waals surface area contributed by atoms with E-state index in [1.165, 1.54) is 0 Å². The molecule has 0 fully saturated rings. The van der Waals surface area contributed by atoms with E-state index in [0.29, 0.717) is 22.7 Å². The number of rotatable bonds is 5. The van der Waals surface area contributed by atoms with E-state index in [-0.39, 0.29) is 13.0 Å². The highest BCUT2D eigenvalue weighted by atomic mass is 16.5. The predicted octanol–water partition coefficient (Wildman–Crippen LogP) is 3.77. The Labute approximate surface area is 143 Å². The van der Waals surface area contributed by atoms with Crippen molar-refractivity contribution in [3.8, 4) is 11.3 Å². The summed E-state index contributed by atoms with van der Waals surface area (Å²) in [5, 5.41) is 8.66. The quantitative estimate of drug-likeness (QED) is 0.517. The molecular formula is C19H14N2O4. The van der Waals surface area contributed by atoms with E-state index in [1.54, 1.807) is 12.1 Å². The van der Waals surface area contributed by atoms with E-state index in [4.69, 9.17) is 13.8 Å². The van der Waals surface area contributed by atoms with Crippen LogP contribution < -0.4 is 0 Å². The molecule has 0 amide bonds. The van der Waals surface area contributed by atoms with Crippen molar-refractivity contribution in [2.24, 2.45) is 0 Å². The van der Waals surface area contributed by atoms with Gasteiger partial charge in [-0.3, -0.25) is 4.79 Å². The number of ether oxygens (including phenoxy) is 1. The molecule has 0 atom stereocenters. The van der Waals surface area contributed by atoms with Crippen LogP contribution in [0.1, 0.15) is 11.4 Å². The number of carbonyl (C=O) groups is 1. The molecule has 0 bridgehead atoms. The second-order valence-corrected chi connectivity index (χ2v) is 5.51. The van der Waals surface area contributed by atoms with Gasteiger partial charge in [0.1, 0.15) is 18.0 Å². The van der Waals surface area contributed by atoms with Crippen LogP contribution in [-0.4, -0.2) is 16.3 Å². The molecule has 0 spiro atoms. The SMILES string of the molecule is O=C(Cc1noc2ccccc12)OCc1cc(-c2ccccc2)on1. The summed E-state index contributed by atoms with van der Waals surface area (Å²) < 4.78 is 15.7. The first-order chi connectivity index (χ1) is 12.3. The van der Waals surface area contributed by atoms with Gasteiger partial charge < -0.3 is 13.8 Å². The lowest BCUT2D eigenvalue weighted by molar-refractivity contribution is -0.144. The van der Waals surface area contributed by atoms with E-state index in [2.05, 4.69) is 10.3 Å². The zero-order valence-corrected chi connectivity index (χ0v) is 13.2. The lowest BCUT2D eigenvalue weighted by atomic mass is 10.2. The second-order valence-electron chi connectivity index (χ2n) is 5.51. The number of nitrogens with zero attached hydrogens (tertiary/aromatic N) is 2. The highest BCUT2D eigenvalue weighted by Crippen LogP contribution is 2.21. The third-order valence-corrected chi connectivity index (χ3v) is 3.76. The topological polar surface area (TPSA) is 78.4 Å². The van der Waals surface area contributed by atoms with Gasteiger partial charge in [-0.15, -0.1) is 0 Å². The van der Waals surface area contributed by atoms with Crippen molar-refractivity contribution in [1.29, 1.82) is 0 Å². The van der Waals surface area contributed by atoms with Crippen molar-refractivity contribution in [1.82, 2.24) is 10.3 Å². The largest absolute Gasteiger partial charge is 0.459 e. The first-order valence-corrected chi connectivity index (χ1v) is 7.79. The summed E-state index contributed by atoms with van der Waals surface area (Å²) in [5.74, 6) is 0.234. The fraction of sp³-hybridized carbons (Fsp3) is 0.105. The van der Waals surface area contributed by atoms with E-state index in [1.807, 2.05) is 48.5 Å². The number of esters is 1. The zero-order valence-electron chi connectivity index (χ0n) is 13.2. The molecule has 0 aliphatic heterocycles. The van der Waals surface area contributed by atoms with Crippen LogP contribution in [0.15, 0.2) is 69.7 Å². The van der Waals surface area contributed by atoms with Crippen molar-refractivity contribution in [3.05, 3.63) is 72.1 Å². The van der Waals surface area contributed by atoms with Crippen LogP contribution in [0.25, 0.3) is 22.3 Å². The molecule has 2 aromatic heterocycles. The number of hydrogen-bond donors (Lipinski definition) is 0. The molecule has 6 heteroatoms. The number of fused-ring (bicyclic) bond motifs is 1. The molecule has 2 aromatic carbocycles. The summed E-state index contributed by atoms with van der Waals surface area (Å²) in [7, 11) is 0. The average molecular weight is 334 g/mol. The van der Waals surface area contributed by atoms with E-state index >= 15 is 0 Å². The molecule has 0 saturated carbocycles. The molecule has 25 heavy (non-hydrogen) atoms. The Hall–Kier alpha value is -3.41. The highest BCUT2D eigenvalue weighted by molar-refractivity contribution is 5.84. The van der Waals surface area contributed by atoms with Gasteiger partial charge in [0.05, 0.1) is 6.42 Å². The fourth-order valence-corrected chi connectivity index (χ4v) is 2.53. The standard InChI is InChI=1S/C19H14N2O4/c22-19(11-16-15-8-4-5-9-17(15)24-21-16)23-12-14-10-18(25-20-14)13-6-2-1-3-7-13/h1-10H,11-12H2. The molecule has 0 aliphatic carbocycles. The maximum Gasteiger partial charge on any atom is 0.312 e. The van der Waals surface area contributed by atoms with Crippen LogP contribution in [0, 0.1) is 0 Å². The van der Waals surface area contributed by atoms with Crippen LogP contribution >= 0.6 is 0 Å². The Morgan fingerprint density at radius 3 is 2.64 bits per heavy atom. The zero-order chi connectivity index (χ0) is 17.1. The Morgan fingerprint density at radius 2 is 1.76 bits per heavy atom. The average Bonchev–Trinajstić information content (AvgIpc) is 3.28. The summed E-state index contributed by atoms with van der Waals surface area (Å²) in [4.78, 5) is 12.0. The summed E-state index contributed by atoms with van der Waals surface area (Å²) in [5.41, 5.74) is 2.68. The van der Waals surface area contributed by atoms with Gasteiger partial charge in [-0.2, -0.15) is 0 Å². The van der Waals surface area contributed by atoms with Gasteiger partial charge in [0, 0.05) is 17.0 Å². The summed E-state index contributed by atoms with van der Waals surface area (Å²) in [6.45, 7) is 0.0466. The Balaban J connectivity index is 1.38. The van der Waals surface area contributed by atoms with Gasteiger partial charge in [0.15, 0.2) is 11.3 Å². The molecular weight excluding hydrogens is 320 g/mol. The van der Waals surface area contributed by atoms with Crippen molar-refractivity contribution < 1.29 is 18.6 Å². The molecule has 0 radical (unpaired) electrons. The first kappa shape index (κ1) is 15.1. The molecule has 0 aliphatic rings. The van der Waals surface area contributed by atoms with E-state index in [0.717, 1.165) is 10.9 Å². The van der Waals surface area contributed by atoms with Crippen LogP contribution in [0.5, 0.6) is 0 Å². The number of hydrogen-bond acceptors (Lipinski definition) is 6.